The van der Waals surface area contributed by atoms with E-state index in [1.807, 2.05) is 0 Å². The number of carbonyl (C=O) groups is 8. The van der Waals surface area contributed by atoms with Gasteiger partial charge in [-0.25, -0.2) is 9.59 Å². The Morgan fingerprint density at radius 3 is 0.929 bits per heavy atom. The Kier molecular flexibility index (Phi) is 36.7. The zero-order chi connectivity index (χ0) is 96.2. The molecule has 2 heterocycles. The van der Waals surface area contributed by atoms with Crippen molar-refractivity contribution in [1.82, 2.24) is 10.6 Å². The summed E-state index contributed by atoms with van der Waals surface area (Å²) in [6.07, 6.45) is 14.0. The van der Waals surface area contributed by atoms with Crippen molar-refractivity contribution in [3.05, 3.63) is 418 Å². The number of amides is 2. The van der Waals surface area contributed by atoms with Crippen LogP contribution in [-0.4, -0.2) is 125 Å². The average molecular weight is 1980 g/mol. The fraction of sp³-hybridized carbons (Fsp3) is 0.214. The van der Waals surface area contributed by atoms with Crippen molar-refractivity contribution < 1.29 is 64.3 Å². The van der Waals surface area contributed by atoms with Crippen molar-refractivity contribution in [2.24, 2.45) is 11.5 Å². The van der Waals surface area contributed by atoms with Crippen LogP contribution in [0.2, 0.25) is 0 Å². The second kappa shape index (κ2) is 50.7. The zero-order valence-electron chi connectivity index (χ0n) is 78.9. The molecule has 0 radical (unpaired) electrons. The van der Waals surface area contributed by atoms with Gasteiger partial charge in [0.05, 0.1) is 76.9 Å². The number of nitrogens with zero attached hydrogens (tertiary/aromatic N) is 4. The molecule has 2 aliphatic rings. The molecule has 2 fully saturated rings. The molecular weight excluding hydrogens is 1860 g/mol. The van der Waals surface area contributed by atoms with Crippen molar-refractivity contribution in [1.29, 1.82) is 0 Å². The molecule has 0 spiro atoms. The molecule has 23 heteroatoms. The first-order valence-electron chi connectivity index (χ1n) is 48.0. The first-order chi connectivity index (χ1) is 68.0. The zero-order valence-corrected chi connectivity index (χ0v) is 83.9. The molecule has 4 unspecified atom stereocenters. The quantitative estimate of drug-likeness (QED) is 0.00930. The summed E-state index contributed by atoms with van der Waals surface area (Å²) in [4.78, 5) is 112. The maximum absolute atomic E-state index is 13.6. The molecule has 16 rings (SSSR count). The van der Waals surface area contributed by atoms with Gasteiger partial charge in [-0.1, -0.05) is 231 Å². The Morgan fingerprint density at radius 2 is 0.600 bits per heavy atom. The van der Waals surface area contributed by atoms with Crippen LogP contribution in [0.4, 0.5) is 22.7 Å². The number of aryl methyl sites for hydroxylation is 5. The second-order valence-electron chi connectivity index (χ2n) is 35.8. The monoisotopic (exact) mass is 1980 g/mol. The molecule has 0 saturated carbocycles. The Hall–Kier alpha value is -13.0. The van der Waals surface area contributed by atoms with E-state index in [2.05, 4.69) is 334 Å². The summed E-state index contributed by atoms with van der Waals surface area (Å²) < 4.78 is 10.3. The number of carbonyl (C=O) groups excluding carboxylic acids is 8. The van der Waals surface area contributed by atoms with Crippen LogP contribution >= 0.6 is 31.7 Å². The van der Waals surface area contributed by atoms with E-state index < -0.39 is 55.6 Å². The Morgan fingerprint density at radius 1 is 0.314 bits per heavy atom. The smallest absolute Gasteiger partial charge is 0.346 e. The molecule has 18 nitrogen and oxygen atoms in total. The molecular formula is C117H120N8NiO10P4+4. The number of nitrogens with one attached hydrogen (secondary N) is 2. The molecule has 2 amide bonds. The van der Waals surface area contributed by atoms with E-state index in [1.54, 1.807) is 24.3 Å². The van der Waals surface area contributed by atoms with Gasteiger partial charge in [0.2, 0.25) is 11.8 Å². The van der Waals surface area contributed by atoms with Crippen LogP contribution in [0.1, 0.15) is 117 Å². The van der Waals surface area contributed by atoms with Gasteiger partial charge in [-0.15, -0.1) is 0 Å². The third-order valence-electron chi connectivity index (χ3n) is 26.2. The van der Waals surface area contributed by atoms with Gasteiger partial charge in [-0.2, -0.15) is 0 Å². The van der Waals surface area contributed by atoms with Crippen LogP contribution in [0.3, 0.4) is 0 Å². The van der Waals surface area contributed by atoms with Crippen LogP contribution in [0, 0.1) is 6.92 Å². The van der Waals surface area contributed by atoms with Gasteiger partial charge in [-0.3, -0.25) is 28.8 Å². The molecule has 14 aromatic rings. The SMILES string of the molecule is Cc1cc(-c2ccc(CCNC(=O)CCc3ccc(N4C[PH+](c5ccccc5)CN(c5ccc(CCC(=O)OC(=O)c6ccccc6C=O)cc5)C[PH+](c5ccccc5)C4)cc3)cc2)c(CCN)c(-c2ccc(CCN)c(-c3ccc(CCNC(=O)CCc4ccc(N5C[PH+](c6ccccc6)CN(c6ccc(CCC(=O)OC(=O)c7ccccc7C=O)cc6)C[PH+](c6ccccc6)C5)cc4)cc3)c2)c1.[Ni]. The number of hydrogen-bond acceptors (Lipinski definition) is 16. The van der Waals surface area contributed by atoms with Gasteiger partial charge in [0.25, 0.3) is 0 Å². The molecule has 2 aliphatic heterocycles. The van der Waals surface area contributed by atoms with Crippen LogP contribution in [-0.2, 0) is 96.5 Å². The van der Waals surface area contributed by atoms with Gasteiger partial charge in [0.15, 0.2) is 12.6 Å². The first kappa shape index (κ1) is 101. The predicted octanol–water partition coefficient (Wildman–Crippen LogP) is 19.3. The van der Waals surface area contributed by atoms with E-state index in [1.165, 1.54) is 68.0 Å². The summed E-state index contributed by atoms with van der Waals surface area (Å²) in [6.45, 7) is 4.20. The van der Waals surface area contributed by atoms with Crippen LogP contribution < -0.4 is 62.9 Å². The molecule has 14 aromatic carbocycles. The van der Waals surface area contributed by atoms with E-state index in [9.17, 15) is 38.4 Å². The van der Waals surface area contributed by atoms with Crippen LogP contribution in [0.25, 0.3) is 33.4 Å². The number of aldehydes is 2. The Balaban J connectivity index is 0.0000148. The Bertz CT molecular complexity index is 6440. The van der Waals surface area contributed by atoms with Gasteiger partial charge >= 0.3 is 23.9 Å². The third-order valence-corrected chi connectivity index (χ3v) is 36.9. The summed E-state index contributed by atoms with van der Waals surface area (Å²) >= 11 is 0. The minimum Gasteiger partial charge on any atom is -0.389 e. The van der Waals surface area contributed by atoms with Gasteiger partial charge < -0.3 is 51.2 Å². The maximum Gasteiger partial charge on any atom is 0.346 e. The van der Waals surface area contributed by atoms with Crippen molar-refractivity contribution in [2.45, 2.75) is 84.0 Å². The average Bonchev–Trinajstić information content (AvgIpc) is 0.756. The number of hydrogen-bond donors (Lipinski definition) is 4. The molecule has 4 atom stereocenters. The number of benzene rings is 14. The summed E-state index contributed by atoms with van der Waals surface area (Å²) in [7, 11) is -4.79. The number of nitrogens with two attached hydrogens (primary N) is 2. The van der Waals surface area contributed by atoms with E-state index in [4.69, 9.17) is 20.9 Å². The molecule has 140 heavy (non-hydrogen) atoms. The summed E-state index contributed by atoms with van der Waals surface area (Å²) in [6, 6.07) is 120. The molecule has 0 bridgehead atoms. The minimum absolute atomic E-state index is 0. The fourth-order valence-corrected chi connectivity index (χ4v) is 30.1. The van der Waals surface area contributed by atoms with Gasteiger partial charge in [0.1, 0.15) is 50.3 Å². The van der Waals surface area contributed by atoms with Crippen LogP contribution in [0.5, 0.6) is 0 Å². The van der Waals surface area contributed by atoms with E-state index >= 15 is 0 Å². The van der Waals surface area contributed by atoms with Crippen molar-refractivity contribution in [2.75, 3.05) is 96.1 Å². The van der Waals surface area contributed by atoms with Gasteiger partial charge in [0, 0.05) is 76.3 Å². The molecule has 0 aromatic heterocycles. The molecule has 2 saturated heterocycles. The summed E-state index contributed by atoms with van der Waals surface area (Å²) in [5.41, 5.74) is 34.6. The van der Waals surface area contributed by atoms with E-state index in [-0.39, 0.29) is 63.4 Å². The fourth-order valence-electron chi connectivity index (χ4n) is 18.6. The first-order valence-corrected chi connectivity index (χ1v) is 55.6. The van der Waals surface area contributed by atoms with E-state index in [0.29, 0.717) is 96.5 Å². The number of rotatable bonds is 37. The van der Waals surface area contributed by atoms with Crippen molar-refractivity contribution in [3.63, 3.8) is 0 Å². The van der Waals surface area contributed by atoms with Crippen molar-refractivity contribution >= 4 is 124 Å². The summed E-state index contributed by atoms with van der Waals surface area (Å²) in [5.74, 6) is -2.91. The second-order valence-corrected chi connectivity index (χ2v) is 45.5. The van der Waals surface area contributed by atoms with Crippen LogP contribution in [0.15, 0.2) is 346 Å². The number of anilines is 4. The normalized spacial score (nSPS) is 14.9. The molecule has 714 valence electrons. The number of ether oxygens (including phenoxy) is 2. The predicted molar refractivity (Wildman–Crippen MR) is 576 cm³/mol. The van der Waals surface area contributed by atoms with Gasteiger partial charge in [-0.05, 0) is 270 Å². The topological polar surface area (TPSA) is 244 Å². The van der Waals surface area contributed by atoms with E-state index in [0.717, 1.165) is 140 Å². The van der Waals surface area contributed by atoms with Crippen molar-refractivity contribution in [3.8, 4) is 33.4 Å². The largest absolute Gasteiger partial charge is 0.389 e. The maximum atomic E-state index is 13.6. The summed E-state index contributed by atoms with van der Waals surface area (Å²) in [5, 5.41) is 11.9. The minimum atomic E-state index is -1.20. The molecule has 6 N–H and O–H groups in total. The number of esters is 4. The Labute approximate surface area is 836 Å². The standard InChI is InChI=1S/C117H116N8O10P4.Ni/c1-85-72-110(93-48-32-91(33-49-93)67-71-121-113(129)61-43-87-36-54-99(55-37-87)123-79-138(104-24-10-4-11-25-104)83-125(84-139(80-123)105-26-12-5-13-27-105)101-58-40-89(41-59-101)45-63-115(131)135-117(133)107-29-17-15-19-97(107)76-127)108(65-69-119)111(73-85)95-51-50-94(64-68-118)109(74-95)92-46-30-90(31-47-92)66-70-120-112(128)60-42-86-34-52-98(53-35-86)122-77-136(102-20-6-2-7-21-102)81-124(82-137(78-122)103-22-8-3-9-23-103)100-56-38-88(39-57-100)44-62-114(130)134-116(132)106-28-16-14-18-96(106)75-126;/h2-41,46-59,72-76H,42-45,60-71,77-84,118-119H2,1H3,(H,120,128)(H,121,129);/p+4. The third kappa shape index (κ3) is 27.6. The molecule has 0 aliphatic carbocycles.